The number of aromatic nitrogens is 1. The van der Waals surface area contributed by atoms with Crippen LogP contribution < -0.4 is 20.1 Å². The van der Waals surface area contributed by atoms with E-state index in [9.17, 15) is 19.2 Å². The van der Waals surface area contributed by atoms with Crippen molar-refractivity contribution in [2.75, 3.05) is 13.2 Å². The van der Waals surface area contributed by atoms with Crippen molar-refractivity contribution in [2.24, 2.45) is 5.92 Å². The quantitative estimate of drug-likeness (QED) is 0.0991. The Morgan fingerprint density at radius 1 is 0.860 bits per heavy atom. The van der Waals surface area contributed by atoms with Crippen molar-refractivity contribution in [2.45, 2.75) is 71.4 Å². The number of ketones is 1. The van der Waals surface area contributed by atoms with Crippen LogP contribution >= 0.6 is 0 Å². The molecule has 2 atom stereocenters. The van der Waals surface area contributed by atoms with Gasteiger partial charge in [0.15, 0.2) is 5.78 Å². The number of nitrogens with one attached hydrogen (secondary N) is 3. The van der Waals surface area contributed by atoms with E-state index in [0.717, 1.165) is 41.7 Å². The third kappa shape index (κ3) is 11.8. The van der Waals surface area contributed by atoms with Gasteiger partial charge in [-0.1, -0.05) is 38.1 Å². The zero-order chi connectivity index (χ0) is 31.0. The van der Waals surface area contributed by atoms with Crippen LogP contribution in [0.1, 0.15) is 66.8 Å². The van der Waals surface area contributed by atoms with Gasteiger partial charge in [0.05, 0.1) is 24.9 Å². The Kier molecular flexibility index (Phi) is 13.5. The molecule has 0 saturated heterocycles. The maximum absolute atomic E-state index is 12.6. The lowest BCUT2D eigenvalue weighted by molar-refractivity contribution is -0.127. The summed E-state index contributed by atoms with van der Waals surface area (Å²) in [5.74, 6) is 1.48. The number of carbonyl (C=O) groups is 4. The Bertz CT molecular complexity index is 1300. The first-order valence-corrected chi connectivity index (χ1v) is 14.8. The van der Waals surface area contributed by atoms with Crippen molar-refractivity contribution < 1.29 is 28.7 Å². The van der Waals surface area contributed by atoms with E-state index in [0.29, 0.717) is 56.8 Å². The summed E-state index contributed by atoms with van der Waals surface area (Å²) in [4.78, 5) is 50.4. The SMILES string of the molecule is Cc1ccc(C(=O)CCc2ccc(OCCCCOc3ccc(C[C@H](NC=O)C(=O)NC(C=O)CC(C)C)cc3)cc2)[nH]1. The van der Waals surface area contributed by atoms with Crippen molar-refractivity contribution in [1.29, 1.82) is 0 Å². The van der Waals surface area contributed by atoms with Gasteiger partial charge in [0.2, 0.25) is 12.3 Å². The molecule has 2 aromatic carbocycles. The van der Waals surface area contributed by atoms with Crippen LogP contribution in [0.25, 0.3) is 0 Å². The number of amides is 2. The molecule has 1 unspecified atom stereocenters. The van der Waals surface area contributed by atoms with Gasteiger partial charge in [-0.15, -0.1) is 0 Å². The molecule has 3 N–H and O–H groups in total. The summed E-state index contributed by atoms with van der Waals surface area (Å²) in [6.45, 7) is 6.99. The molecule has 43 heavy (non-hydrogen) atoms. The summed E-state index contributed by atoms with van der Waals surface area (Å²) in [5, 5.41) is 5.26. The zero-order valence-corrected chi connectivity index (χ0v) is 25.3. The number of aryl methyl sites for hydroxylation is 2. The van der Waals surface area contributed by atoms with E-state index >= 15 is 0 Å². The van der Waals surface area contributed by atoms with Gasteiger partial charge >= 0.3 is 0 Å². The van der Waals surface area contributed by atoms with Gasteiger partial charge in [-0.3, -0.25) is 14.4 Å². The average molecular weight is 590 g/mol. The second kappa shape index (κ2) is 17.5. The molecule has 1 aromatic heterocycles. The van der Waals surface area contributed by atoms with E-state index in [1.807, 2.05) is 81.4 Å². The van der Waals surface area contributed by atoms with Crippen LogP contribution in [0.5, 0.6) is 11.5 Å². The largest absolute Gasteiger partial charge is 0.494 e. The molecule has 9 nitrogen and oxygen atoms in total. The highest BCUT2D eigenvalue weighted by molar-refractivity contribution is 5.94. The Labute approximate surface area is 253 Å². The Hall–Kier alpha value is -4.40. The molecule has 3 rings (SSSR count). The van der Waals surface area contributed by atoms with Crippen LogP contribution in [0.15, 0.2) is 60.7 Å². The Morgan fingerprint density at radius 2 is 1.47 bits per heavy atom. The summed E-state index contributed by atoms with van der Waals surface area (Å²) < 4.78 is 11.7. The molecule has 1 heterocycles. The molecule has 0 spiro atoms. The minimum absolute atomic E-state index is 0.110. The van der Waals surface area contributed by atoms with E-state index in [2.05, 4.69) is 15.6 Å². The van der Waals surface area contributed by atoms with Crippen molar-refractivity contribution in [1.82, 2.24) is 15.6 Å². The van der Waals surface area contributed by atoms with E-state index in [1.54, 1.807) is 0 Å². The van der Waals surface area contributed by atoms with Gasteiger partial charge in [-0.25, -0.2) is 0 Å². The molecule has 0 aliphatic rings. The Balaban J connectivity index is 1.33. The van der Waals surface area contributed by atoms with E-state index < -0.39 is 18.0 Å². The molecular formula is C34H43N3O6. The highest BCUT2D eigenvalue weighted by atomic mass is 16.5. The number of aldehydes is 1. The highest BCUT2D eigenvalue weighted by Crippen LogP contribution is 2.17. The van der Waals surface area contributed by atoms with Gasteiger partial charge in [0.1, 0.15) is 23.8 Å². The molecule has 0 saturated carbocycles. The van der Waals surface area contributed by atoms with Gasteiger partial charge in [-0.05, 0) is 86.1 Å². The normalized spacial score (nSPS) is 12.3. The second-order valence-corrected chi connectivity index (χ2v) is 11.1. The van der Waals surface area contributed by atoms with Gasteiger partial charge in [0, 0.05) is 18.5 Å². The van der Waals surface area contributed by atoms with Crippen molar-refractivity contribution in [3.63, 3.8) is 0 Å². The lowest BCUT2D eigenvalue weighted by Crippen LogP contribution is -2.49. The number of aromatic amines is 1. The molecule has 2 amide bonds. The summed E-state index contributed by atoms with van der Waals surface area (Å²) in [5.41, 5.74) is 3.59. The number of ether oxygens (including phenoxy) is 2. The molecule has 230 valence electrons. The topological polar surface area (TPSA) is 127 Å². The van der Waals surface area contributed by atoms with Crippen molar-refractivity contribution in [3.8, 4) is 11.5 Å². The number of hydrogen-bond acceptors (Lipinski definition) is 6. The van der Waals surface area contributed by atoms with Crippen LogP contribution in [-0.4, -0.2) is 54.7 Å². The van der Waals surface area contributed by atoms with Crippen LogP contribution in [0, 0.1) is 12.8 Å². The smallest absolute Gasteiger partial charge is 0.243 e. The van der Waals surface area contributed by atoms with Crippen molar-refractivity contribution in [3.05, 3.63) is 83.2 Å². The monoisotopic (exact) mass is 589 g/mol. The maximum atomic E-state index is 12.6. The third-order valence-electron chi connectivity index (χ3n) is 6.94. The first-order valence-electron chi connectivity index (χ1n) is 14.8. The van der Waals surface area contributed by atoms with Crippen LogP contribution in [0.4, 0.5) is 0 Å². The molecule has 0 fully saturated rings. The number of benzene rings is 2. The lowest BCUT2D eigenvalue weighted by atomic mass is 10.0. The minimum Gasteiger partial charge on any atom is -0.494 e. The molecule has 0 aliphatic carbocycles. The first-order chi connectivity index (χ1) is 20.8. The van der Waals surface area contributed by atoms with E-state index in [-0.39, 0.29) is 11.7 Å². The minimum atomic E-state index is -0.779. The fraction of sp³-hybridized carbons (Fsp3) is 0.412. The fourth-order valence-corrected chi connectivity index (χ4v) is 4.60. The number of hydrogen-bond donors (Lipinski definition) is 3. The van der Waals surface area contributed by atoms with E-state index in [1.165, 1.54) is 0 Å². The van der Waals surface area contributed by atoms with Gasteiger partial charge in [-0.2, -0.15) is 0 Å². The van der Waals surface area contributed by atoms with Crippen LogP contribution in [0.3, 0.4) is 0 Å². The second-order valence-electron chi connectivity index (χ2n) is 11.1. The van der Waals surface area contributed by atoms with Gasteiger partial charge in [0.25, 0.3) is 0 Å². The molecule has 0 aliphatic heterocycles. The number of rotatable bonds is 20. The summed E-state index contributed by atoms with van der Waals surface area (Å²) in [7, 11) is 0. The average Bonchev–Trinajstić information content (AvgIpc) is 3.44. The van der Waals surface area contributed by atoms with Crippen molar-refractivity contribution >= 4 is 24.4 Å². The number of carbonyl (C=O) groups excluding carboxylic acids is 4. The fourth-order valence-electron chi connectivity index (χ4n) is 4.60. The Morgan fingerprint density at radius 3 is 1.98 bits per heavy atom. The first kappa shape index (κ1) is 33.1. The third-order valence-corrected chi connectivity index (χ3v) is 6.94. The molecule has 3 aromatic rings. The summed E-state index contributed by atoms with van der Waals surface area (Å²) in [6, 6.07) is 17.6. The molecule has 0 radical (unpaired) electrons. The van der Waals surface area contributed by atoms with E-state index in [4.69, 9.17) is 9.47 Å². The van der Waals surface area contributed by atoms with Gasteiger partial charge < -0.3 is 29.9 Å². The molecule has 9 heteroatoms. The maximum Gasteiger partial charge on any atom is 0.243 e. The summed E-state index contributed by atoms with van der Waals surface area (Å²) >= 11 is 0. The number of unbranched alkanes of at least 4 members (excludes halogenated alkanes) is 1. The summed E-state index contributed by atoms with van der Waals surface area (Å²) in [6.07, 6.45) is 4.84. The lowest BCUT2D eigenvalue weighted by Gasteiger charge is -2.20. The predicted molar refractivity (Wildman–Crippen MR) is 165 cm³/mol. The predicted octanol–water partition coefficient (Wildman–Crippen LogP) is 4.76. The highest BCUT2D eigenvalue weighted by Gasteiger charge is 2.22. The number of H-pyrrole nitrogens is 1. The van der Waals surface area contributed by atoms with Crippen LogP contribution in [0.2, 0.25) is 0 Å². The molecule has 0 bridgehead atoms. The number of Topliss-reactive ketones (excluding diaryl/α,β-unsaturated/α-hetero) is 1. The van der Waals surface area contributed by atoms with Crippen LogP contribution in [-0.2, 0) is 27.2 Å². The zero-order valence-electron chi connectivity index (χ0n) is 25.3. The molecular weight excluding hydrogens is 546 g/mol. The standard InChI is InChI=1S/C34H43N3O6/c1-24(2)20-28(22-38)37-34(41)32(35-23-39)21-27-9-14-30(15-10-27)43-19-5-4-18-42-29-12-7-26(8-13-29)11-17-33(40)31-16-6-25(3)36-31/h6-10,12-16,22-24,28,32,36H,4-5,11,17-21H2,1-3H3,(H,35,39)(H,37,41)/t28?,32-/m0/s1.